The van der Waals surface area contributed by atoms with Gasteiger partial charge in [0.25, 0.3) is 0 Å². The van der Waals surface area contributed by atoms with Gasteiger partial charge in [0, 0.05) is 5.92 Å². The van der Waals surface area contributed by atoms with Crippen LogP contribution in [0.2, 0.25) is 0 Å². The standard InChI is InChI=1S/C24H41NO2/c1-4-5-8-12-21(26)13-14-22-23-17-19(16-20(23)18-24(22)27)11-9-6-7-10-15-25(2)3/h9,11,13-14,16,20-24,26-27H,4-8,10,12,15,17-18H2,1-3H3/b11-9-,14-13+/t20-,21-,22+,23-,24+/m0/s1. The van der Waals surface area contributed by atoms with E-state index in [-0.39, 0.29) is 18.1 Å². The van der Waals surface area contributed by atoms with E-state index in [1.165, 1.54) is 31.3 Å². The Morgan fingerprint density at radius 1 is 1.22 bits per heavy atom. The zero-order chi connectivity index (χ0) is 19.6. The molecule has 5 atom stereocenters. The van der Waals surface area contributed by atoms with Crippen molar-refractivity contribution in [2.45, 2.75) is 76.9 Å². The first-order chi connectivity index (χ1) is 13.0. The molecule has 0 amide bonds. The van der Waals surface area contributed by atoms with Gasteiger partial charge < -0.3 is 15.1 Å². The van der Waals surface area contributed by atoms with Crippen molar-refractivity contribution < 1.29 is 10.2 Å². The number of hydrogen-bond acceptors (Lipinski definition) is 3. The van der Waals surface area contributed by atoms with Gasteiger partial charge in [0.15, 0.2) is 0 Å². The molecule has 154 valence electrons. The highest BCUT2D eigenvalue weighted by Crippen LogP contribution is 2.47. The second kappa shape index (κ2) is 11.8. The van der Waals surface area contributed by atoms with Crippen LogP contribution < -0.4 is 0 Å². The molecule has 0 heterocycles. The van der Waals surface area contributed by atoms with Crippen molar-refractivity contribution >= 4 is 0 Å². The van der Waals surface area contributed by atoms with Gasteiger partial charge >= 0.3 is 0 Å². The summed E-state index contributed by atoms with van der Waals surface area (Å²) >= 11 is 0. The lowest BCUT2D eigenvalue weighted by molar-refractivity contribution is 0.140. The number of nitrogens with zero attached hydrogens (tertiary/aromatic N) is 1. The molecule has 0 aromatic heterocycles. The van der Waals surface area contributed by atoms with Crippen LogP contribution >= 0.6 is 0 Å². The lowest BCUT2D eigenvalue weighted by Crippen LogP contribution is -2.17. The Morgan fingerprint density at radius 2 is 2.04 bits per heavy atom. The Labute approximate surface area is 166 Å². The summed E-state index contributed by atoms with van der Waals surface area (Å²) in [5.74, 6) is 1.20. The van der Waals surface area contributed by atoms with Crippen LogP contribution in [-0.4, -0.2) is 48.0 Å². The number of allylic oxidation sites excluding steroid dienone is 4. The van der Waals surface area contributed by atoms with Crippen molar-refractivity contribution in [2.75, 3.05) is 20.6 Å². The molecule has 0 radical (unpaired) electrons. The maximum absolute atomic E-state index is 10.4. The minimum atomic E-state index is -0.362. The smallest absolute Gasteiger partial charge is 0.0721 e. The Bertz CT molecular complexity index is 509. The summed E-state index contributed by atoms with van der Waals surface area (Å²) in [5.41, 5.74) is 1.44. The van der Waals surface area contributed by atoms with Crippen LogP contribution in [0.25, 0.3) is 0 Å². The number of hydrogen-bond donors (Lipinski definition) is 2. The monoisotopic (exact) mass is 375 g/mol. The highest BCUT2D eigenvalue weighted by atomic mass is 16.3. The van der Waals surface area contributed by atoms with Gasteiger partial charge in [-0.25, -0.2) is 0 Å². The fourth-order valence-electron chi connectivity index (χ4n) is 4.55. The molecule has 0 aromatic carbocycles. The van der Waals surface area contributed by atoms with Gasteiger partial charge in [-0.2, -0.15) is 0 Å². The summed E-state index contributed by atoms with van der Waals surface area (Å²) in [6.45, 7) is 3.34. The predicted octanol–water partition coefficient (Wildman–Crippen LogP) is 4.72. The summed E-state index contributed by atoms with van der Waals surface area (Å²) in [6, 6.07) is 0. The van der Waals surface area contributed by atoms with Crippen molar-refractivity contribution in [3.8, 4) is 0 Å². The summed E-state index contributed by atoms with van der Waals surface area (Å²) in [6.07, 6.45) is 20.3. The number of aliphatic hydroxyl groups is 2. The molecule has 0 aliphatic heterocycles. The second-order valence-corrected chi connectivity index (χ2v) is 8.80. The highest BCUT2D eigenvalue weighted by Gasteiger charge is 2.42. The van der Waals surface area contributed by atoms with Crippen LogP contribution in [0.15, 0.2) is 36.0 Å². The van der Waals surface area contributed by atoms with E-state index in [1.54, 1.807) is 0 Å². The third-order valence-corrected chi connectivity index (χ3v) is 6.12. The molecule has 1 saturated carbocycles. The van der Waals surface area contributed by atoms with E-state index in [4.69, 9.17) is 0 Å². The zero-order valence-corrected chi connectivity index (χ0v) is 17.7. The quantitative estimate of drug-likeness (QED) is 0.383. The Hall–Kier alpha value is -0.900. The second-order valence-electron chi connectivity index (χ2n) is 8.80. The molecule has 2 aliphatic carbocycles. The fraction of sp³-hybridized carbons (Fsp3) is 0.750. The van der Waals surface area contributed by atoms with Gasteiger partial charge in [-0.1, -0.05) is 62.1 Å². The van der Waals surface area contributed by atoms with Crippen LogP contribution in [0, 0.1) is 17.8 Å². The molecular formula is C24H41NO2. The van der Waals surface area contributed by atoms with Crippen molar-refractivity contribution in [1.82, 2.24) is 4.90 Å². The topological polar surface area (TPSA) is 43.7 Å². The SMILES string of the molecule is CCCCC[C@H](O)/C=C/[C@@H]1[C@H]2CC(/C=C\CCCCN(C)C)=C[C@H]2C[C@H]1O. The maximum Gasteiger partial charge on any atom is 0.0721 e. The van der Waals surface area contributed by atoms with E-state index < -0.39 is 0 Å². The average molecular weight is 376 g/mol. The Morgan fingerprint density at radius 3 is 2.78 bits per heavy atom. The maximum atomic E-state index is 10.4. The third kappa shape index (κ3) is 7.56. The summed E-state index contributed by atoms with van der Waals surface area (Å²) in [4.78, 5) is 2.24. The molecule has 0 aromatic rings. The van der Waals surface area contributed by atoms with Gasteiger partial charge in [-0.15, -0.1) is 0 Å². The molecule has 0 saturated heterocycles. The van der Waals surface area contributed by atoms with Crippen LogP contribution in [0.5, 0.6) is 0 Å². The van der Waals surface area contributed by atoms with Crippen molar-refractivity contribution in [3.63, 3.8) is 0 Å². The average Bonchev–Trinajstić information content (AvgIpc) is 3.12. The number of unbranched alkanes of at least 4 members (excludes halogenated alkanes) is 4. The van der Waals surface area contributed by atoms with Gasteiger partial charge in [0.05, 0.1) is 12.2 Å². The molecule has 2 N–H and O–H groups in total. The van der Waals surface area contributed by atoms with E-state index in [0.29, 0.717) is 11.8 Å². The zero-order valence-electron chi connectivity index (χ0n) is 17.7. The molecule has 0 bridgehead atoms. The number of rotatable bonds is 12. The third-order valence-electron chi connectivity index (χ3n) is 6.12. The van der Waals surface area contributed by atoms with E-state index in [9.17, 15) is 10.2 Å². The first-order valence-electron chi connectivity index (χ1n) is 11.1. The van der Waals surface area contributed by atoms with E-state index in [2.05, 4.69) is 50.2 Å². The molecular weight excluding hydrogens is 334 g/mol. The van der Waals surface area contributed by atoms with E-state index in [1.807, 2.05) is 6.08 Å². The van der Waals surface area contributed by atoms with Crippen LogP contribution in [0.3, 0.4) is 0 Å². The molecule has 3 heteroatoms. The number of fused-ring (bicyclic) bond motifs is 1. The Kier molecular flexibility index (Phi) is 9.81. The molecule has 2 rings (SSSR count). The minimum Gasteiger partial charge on any atom is -0.392 e. The van der Waals surface area contributed by atoms with E-state index >= 15 is 0 Å². The minimum absolute atomic E-state index is 0.193. The van der Waals surface area contributed by atoms with Crippen molar-refractivity contribution in [2.24, 2.45) is 17.8 Å². The normalized spacial score (nSPS) is 29.2. The van der Waals surface area contributed by atoms with Crippen LogP contribution in [0.1, 0.15) is 64.7 Å². The van der Waals surface area contributed by atoms with Crippen molar-refractivity contribution in [1.29, 1.82) is 0 Å². The summed E-state index contributed by atoms with van der Waals surface area (Å²) < 4.78 is 0. The molecule has 1 fully saturated rings. The van der Waals surface area contributed by atoms with Crippen LogP contribution in [0.4, 0.5) is 0 Å². The van der Waals surface area contributed by atoms with E-state index in [0.717, 1.165) is 38.6 Å². The van der Waals surface area contributed by atoms with Crippen LogP contribution in [-0.2, 0) is 0 Å². The fourth-order valence-corrected chi connectivity index (χ4v) is 4.55. The lowest BCUT2D eigenvalue weighted by Gasteiger charge is -2.18. The Balaban J connectivity index is 1.76. The lowest BCUT2D eigenvalue weighted by atomic mass is 9.89. The first-order valence-corrected chi connectivity index (χ1v) is 11.1. The van der Waals surface area contributed by atoms with Gasteiger partial charge in [0.1, 0.15) is 0 Å². The molecule has 3 nitrogen and oxygen atoms in total. The van der Waals surface area contributed by atoms with Crippen molar-refractivity contribution in [3.05, 3.63) is 36.0 Å². The molecule has 0 unspecified atom stereocenters. The highest BCUT2D eigenvalue weighted by molar-refractivity contribution is 5.28. The summed E-state index contributed by atoms with van der Waals surface area (Å²) in [5, 5.41) is 20.6. The molecule has 27 heavy (non-hydrogen) atoms. The van der Waals surface area contributed by atoms with Gasteiger partial charge in [0.2, 0.25) is 0 Å². The predicted molar refractivity (Wildman–Crippen MR) is 115 cm³/mol. The summed E-state index contributed by atoms with van der Waals surface area (Å²) in [7, 11) is 4.25. The molecule has 0 spiro atoms. The molecule has 2 aliphatic rings. The first kappa shape index (κ1) is 22.4. The van der Waals surface area contributed by atoms with Gasteiger partial charge in [-0.05, 0) is 71.0 Å². The largest absolute Gasteiger partial charge is 0.392 e. The van der Waals surface area contributed by atoms with Gasteiger partial charge in [-0.3, -0.25) is 0 Å². The number of aliphatic hydroxyl groups excluding tert-OH is 2.